The molecule has 5 heteroatoms. The molecule has 0 bridgehead atoms. The molecule has 1 fully saturated rings. The lowest BCUT2D eigenvalue weighted by atomic mass is 9.92. The number of H-pyrrole nitrogens is 1. The largest absolute Gasteiger partial charge is 0.391 e. The summed E-state index contributed by atoms with van der Waals surface area (Å²) < 4.78 is 0. The van der Waals surface area contributed by atoms with Crippen LogP contribution in [0.3, 0.4) is 0 Å². The van der Waals surface area contributed by atoms with Gasteiger partial charge in [0.2, 0.25) is 0 Å². The summed E-state index contributed by atoms with van der Waals surface area (Å²) in [5, 5.41) is 20.5. The van der Waals surface area contributed by atoms with Crippen LogP contribution in [0.4, 0.5) is 0 Å². The van der Waals surface area contributed by atoms with E-state index in [1.807, 2.05) is 24.3 Å². The van der Waals surface area contributed by atoms with Crippen molar-refractivity contribution in [3.8, 4) is 0 Å². The van der Waals surface area contributed by atoms with Gasteiger partial charge in [0.15, 0.2) is 5.69 Å². The number of para-hydroxylation sites is 1. The zero-order chi connectivity index (χ0) is 13.2. The van der Waals surface area contributed by atoms with Crippen LogP contribution in [-0.4, -0.2) is 33.4 Å². The zero-order valence-electron chi connectivity index (χ0n) is 10.6. The number of carbonyl (C=O) groups is 1. The maximum Gasteiger partial charge on any atom is 0.272 e. The van der Waals surface area contributed by atoms with Crippen molar-refractivity contribution in [2.45, 2.75) is 37.8 Å². The molecule has 5 nitrogen and oxygen atoms in total. The standard InChI is InChI=1S/C14H17N3O2/c18-12-8-4-3-7-11(12)15-14(19)13-9-5-1-2-6-10(9)16-17-13/h1-2,5-6,11-12,18H,3-4,7-8H2,(H,15,19)(H,16,17). The predicted molar refractivity (Wildman–Crippen MR) is 71.8 cm³/mol. The number of aromatic nitrogens is 2. The SMILES string of the molecule is O=C(NC1CCCCC1O)c1n[nH]c2ccccc12. The summed E-state index contributed by atoms with van der Waals surface area (Å²) in [4.78, 5) is 12.2. The number of nitrogens with one attached hydrogen (secondary N) is 2. The molecule has 100 valence electrons. The fraction of sp³-hybridized carbons (Fsp3) is 0.429. The lowest BCUT2D eigenvalue weighted by Gasteiger charge is -2.28. The Balaban J connectivity index is 1.80. The highest BCUT2D eigenvalue weighted by molar-refractivity contribution is 6.04. The molecule has 0 spiro atoms. The van der Waals surface area contributed by atoms with Crippen molar-refractivity contribution in [1.82, 2.24) is 15.5 Å². The van der Waals surface area contributed by atoms with Crippen molar-refractivity contribution < 1.29 is 9.90 Å². The summed E-state index contributed by atoms with van der Waals surface area (Å²) in [7, 11) is 0. The van der Waals surface area contributed by atoms with E-state index in [9.17, 15) is 9.90 Å². The highest BCUT2D eigenvalue weighted by Gasteiger charge is 2.26. The van der Waals surface area contributed by atoms with Gasteiger partial charge in [0.25, 0.3) is 5.91 Å². The zero-order valence-corrected chi connectivity index (χ0v) is 10.6. The highest BCUT2D eigenvalue weighted by Crippen LogP contribution is 2.20. The minimum absolute atomic E-state index is 0.156. The molecule has 1 aliphatic carbocycles. The van der Waals surface area contributed by atoms with Crippen molar-refractivity contribution in [2.75, 3.05) is 0 Å². The van der Waals surface area contributed by atoms with Crippen molar-refractivity contribution >= 4 is 16.8 Å². The number of aromatic amines is 1. The summed E-state index contributed by atoms with van der Waals surface area (Å²) in [5.41, 5.74) is 1.24. The van der Waals surface area contributed by atoms with Crippen molar-refractivity contribution in [1.29, 1.82) is 0 Å². The van der Waals surface area contributed by atoms with Crippen LogP contribution in [0, 0.1) is 0 Å². The molecule has 2 atom stereocenters. The maximum atomic E-state index is 12.2. The Morgan fingerprint density at radius 2 is 2.11 bits per heavy atom. The molecule has 0 saturated heterocycles. The van der Waals surface area contributed by atoms with Gasteiger partial charge in [-0.2, -0.15) is 5.10 Å². The summed E-state index contributed by atoms with van der Waals surface area (Å²) in [6.07, 6.45) is 3.21. The van der Waals surface area contributed by atoms with E-state index in [0.717, 1.165) is 36.6 Å². The van der Waals surface area contributed by atoms with Crippen LogP contribution in [0.15, 0.2) is 24.3 Å². The number of aliphatic hydroxyl groups excluding tert-OH is 1. The van der Waals surface area contributed by atoms with E-state index in [0.29, 0.717) is 5.69 Å². The van der Waals surface area contributed by atoms with Crippen LogP contribution in [0.2, 0.25) is 0 Å². The first-order valence-electron chi connectivity index (χ1n) is 6.68. The third kappa shape index (κ3) is 2.33. The monoisotopic (exact) mass is 259 g/mol. The van der Waals surface area contributed by atoms with Crippen molar-refractivity contribution in [2.24, 2.45) is 0 Å². The Morgan fingerprint density at radius 3 is 2.95 bits per heavy atom. The first-order chi connectivity index (χ1) is 9.25. The Bertz CT molecular complexity index is 593. The summed E-state index contributed by atoms with van der Waals surface area (Å²) in [6, 6.07) is 7.37. The molecule has 0 radical (unpaired) electrons. The number of fused-ring (bicyclic) bond motifs is 1. The molecule has 1 aromatic heterocycles. The Morgan fingerprint density at radius 1 is 1.32 bits per heavy atom. The highest BCUT2D eigenvalue weighted by atomic mass is 16.3. The minimum Gasteiger partial charge on any atom is -0.391 e. The van der Waals surface area contributed by atoms with E-state index >= 15 is 0 Å². The molecule has 2 aromatic rings. The lowest BCUT2D eigenvalue weighted by Crippen LogP contribution is -2.45. The molecule has 1 amide bonds. The Hall–Kier alpha value is -1.88. The van der Waals surface area contributed by atoms with E-state index in [1.165, 1.54) is 0 Å². The molecular weight excluding hydrogens is 242 g/mol. The molecule has 2 unspecified atom stereocenters. The molecular formula is C14H17N3O2. The minimum atomic E-state index is -0.442. The fourth-order valence-electron chi connectivity index (χ4n) is 2.65. The van der Waals surface area contributed by atoms with Crippen LogP contribution in [0.5, 0.6) is 0 Å². The average molecular weight is 259 g/mol. The number of hydrogen-bond acceptors (Lipinski definition) is 3. The summed E-state index contributed by atoms with van der Waals surface area (Å²) >= 11 is 0. The molecule has 3 N–H and O–H groups in total. The van der Waals surface area contributed by atoms with Gasteiger partial charge in [-0.05, 0) is 18.9 Å². The number of aliphatic hydroxyl groups is 1. The number of benzene rings is 1. The van der Waals surface area contributed by atoms with Gasteiger partial charge in [-0.1, -0.05) is 31.0 Å². The summed E-state index contributed by atoms with van der Waals surface area (Å²) in [5.74, 6) is -0.219. The predicted octanol–water partition coefficient (Wildman–Crippen LogP) is 1.60. The molecule has 1 aliphatic rings. The molecule has 1 heterocycles. The van der Waals surface area contributed by atoms with E-state index in [1.54, 1.807) is 0 Å². The quantitative estimate of drug-likeness (QED) is 0.766. The van der Waals surface area contributed by atoms with E-state index in [4.69, 9.17) is 0 Å². The Labute approximate surface area is 111 Å². The van der Waals surface area contributed by atoms with E-state index < -0.39 is 6.10 Å². The van der Waals surface area contributed by atoms with Crippen molar-refractivity contribution in [3.05, 3.63) is 30.0 Å². The maximum absolute atomic E-state index is 12.2. The van der Waals surface area contributed by atoms with Gasteiger partial charge in [0, 0.05) is 5.39 Å². The number of rotatable bonds is 2. The van der Waals surface area contributed by atoms with Crippen LogP contribution in [0.25, 0.3) is 10.9 Å². The van der Waals surface area contributed by atoms with Crippen molar-refractivity contribution in [3.63, 3.8) is 0 Å². The molecule has 19 heavy (non-hydrogen) atoms. The topological polar surface area (TPSA) is 78.0 Å². The second kappa shape index (κ2) is 5.01. The fourth-order valence-corrected chi connectivity index (χ4v) is 2.65. The average Bonchev–Trinajstić information content (AvgIpc) is 2.85. The van der Waals surface area contributed by atoms with Gasteiger partial charge in [-0.15, -0.1) is 0 Å². The van der Waals surface area contributed by atoms with Gasteiger partial charge >= 0.3 is 0 Å². The molecule has 3 rings (SSSR count). The number of nitrogens with zero attached hydrogens (tertiary/aromatic N) is 1. The van der Waals surface area contributed by atoms with Crippen LogP contribution in [0.1, 0.15) is 36.2 Å². The van der Waals surface area contributed by atoms with E-state index in [2.05, 4.69) is 15.5 Å². The molecule has 1 saturated carbocycles. The smallest absolute Gasteiger partial charge is 0.272 e. The van der Waals surface area contributed by atoms with Crippen LogP contribution in [-0.2, 0) is 0 Å². The second-order valence-corrected chi connectivity index (χ2v) is 5.05. The van der Waals surface area contributed by atoms with E-state index in [-0.39, 0.29) is 11.9 Å². The summed E-state index contributed by atoms with van der Waals surface area (Å²) in [6.45, 7) is 0. The first-order valence-corrected chi connectivity index (χ1v) is 6.68. The third-order valence-corrected chi connectivity index (χ3v) is 3.73. The van der Waals surface area contributed by atoms with Gasteiger partial charge in [0.05, 0.1) is 17.7 Å². The number of amides is 1. The number of hydrogen-bond donors (Lipinski definition) is 3. The number of carbonyl (C=O) groups excluding carboxylic acids is 1. The van der Waals surface area contributed by atoms with Gasteiger partial charge in [-0.3, -0.25) is 9.89 Å². The molecule has 1 aromatic carbocycles. The lowest BCUT2D eigenvalue weighted by molar-refractivity contribution is 0.0715. The Kier molecular flexibility index (Phi) is 3.21. The van der Waals surface area contributed by atoms with Gasteiger partial charge in [-0.25, -0.2) is 0 Å². The molecule has 0 aliphatic heterocycles. The first kappa shape index (κ1) is 12.2. The van der Waals surface area contributed by atoms with Gasteiger partial charge < -0.3 is 10.4 Å². The van der Waals surface area contributed by atoms with Gasteiger partial charge in [0.1, 0.15) is 0 Å². The third-order valence-electron chi connectivity index (χ3n) is 3.73. The normalized spacial score (nSPS) is 23.4. The second-order valence-electron chi connectivity index (χ2n) is 5.05. The van der Waals surface area contributed by atoms with Crippen LogP contribution < -0.4 is 5.32 Å². The van der Waals surface area contributed by atoms with Crippen LogP contribution >= 0.6 is 0 Å².